The molecule has 0 heterocycles. The predicted octanol–water partition coefficient (Wildman–Crippen LogP) is 1.60. The lowest BCUT2D eigenvalue weighted by Gasteiger charge is -2.31. The molecule has 0 rings (SSSR count). The van der Waals surface area contributed by atoms with Gasteiger partial charge in [-0.3, -0.25) is 19.2 Å². The molecule has 168 valence electrons. The lowest BCUT2D eigenvalue weighted by Crippen LogP contribution is -2.44. The molecule has 0 spiro atoms. The van der Waals surface area contributed by atoms with Crippen molar-refractivity contribution in [2.45, 2.75) is 0 Å². The van der Waals surface area contributed by atoms with E-state index in [1.165, 1.54) is 47.0 Å². The molecule has 0 amide bonds. The second-order valence-corrected chi connectivity index (χ2v) is 9.34. The van der Waals surface area contributed by atoms with Crippen molar-refractivity contribution < 1.29 is 38.1 Å². The van der Waals surface area contributed by atoms with Crippen LogP contribution in [-0.4, -0.2) is 98.3 Å². The van der Waals surface area contributed by atoms with E-state index in [1.807, 2.05) is 0 Å². The minimum Gasteiger partial charge on any atom is -0.464 e. The number of hydrogen-bond acceptors (Lipinski definition) is 12. The fourth-order valence-corrected chi connectivity index (χ4v) is 3.10. The molecule has 0 N–H and O–H groups in total. The molecule has 0 atom stereocenters. The lowest BCUT2D eigenvalue weighted by atomic mass is 9.92. The first-order valence-corrected chi connectivity index (χ1v) is 14.0. The van der Waals surface area contributed by atoms with Crippen molar-refractivity contribution in [3.8, 4) is 0 Å². The first kappa shape index (κ1) is 28.3. The van der Waals surface area contributed by atoms with E-state index in [9.17, 15) is 19.2 Å². The third-order valence-corrected chi connectivity index (χ3v) is 5.30. The Balaban J connectivity index is 5.35. The smallest absolute Gasteiger partial charge is 0.315 e. The van der Waals surface area contributed by atoms with Crippen LogP contribution in [0.4, 0.5) is 0 Å². The summed E-state index contributed by atoms with van der Waals surface area (Å²) in [6, 6.07) is 0. The van der Waals surface area contributed by atoms with Gasteiger partial charge in [-0.05, 0) is 25.0 Å². The summed E-state index contributed by atoms with van der Waals surface area (Å²) < 4.78 is 21.1. The van der Waals surface area contributed by atoms with Crippen molar-refractivity contribution in [3.63, 3.8) is 0 Å². The van der Waals surface area contributed by atoms with Gasteiger partial charge in [0.1, 0.15) is 31.8 Å². The average molecular weight is 489 g/mol. The van der Waals surface area contributed by atoms with Crippen LogP contribution in [0, 0.1) is 5.41 Å². The molecule has 29 heavy (non-hydrogen) atoms. The highest BCUT2D eigenvalue weighted by Gasteiger charge is 2.37. The fourth-order valence-electron chi connectivity index (χ4n) is 1.82. The normalized spacial score (nSPS) is 10.9. The second-order valence-electron chi connectivity index (χ2n) is 5.87. The van der Waals surface area contributed by atoms with Gasteiger partial charge in [0.2, 0.25) is 0 Å². The van der Waals surface area contributed by atoms with E-state index in [0.717, 1.165) is 0 Å². The highest BCUT2D eigenvalue weighted by Crippen LogP contribution is 2.22. The van der Waals surface area contributed by atoms with E-state index in [2.05, 4.69) is 0 Å². The van der Waals surface area contributed by atoms with Gasteiger partial charge in [-0.1, -0.05) is 0 Å². The molecule has 0 unspecified atom stereocenters. The number of carbonyl (C=O) groups excluding carboxylic acids is 4. The molecular weight excluding hydrogens is 460 g/mol. The Morgan fingerprint density at radius 2 is 0.724 bits per heavy atom. The van der Waals surface area contributed by atoms with Crippen LogP contribution in [0.15, 0.2) is 0 Å². The van der Waals surface area contributed by atoms with Crippen molar-refractivity contribution >= 4 is 70.9 Å². The van der Waals surface area contributed by atoms with Gasteiger partial charge < -0.3 is 18.9 Å². The molecule has 0 radical (unpaired) electrons. The minimum absolute atomic E-state index is 0.140. The number of hydrogen-bond donors (Lipinski definition) is 0. The van der Waals surface area contributed by atoms with E-state index < -0.39 is 29.3 Å². The highest BCUT2D eigenvalue weighted by atomic mass is 32.2. The van der Waals surface area contributed by atoms with Crippen LogP contribution in [-0.2, 0) is 38.1 Å². The molecule has 0 saturated heterocycles. The quantitative estimate of drug-likeness (QED) is 0.233. The molecule has 0 aromatic heterocycles. The van der Waals surface area contributed by atoms with Crippen molar-refractivity contribution in [2.24, 2.45) is 5.41 Å². The zero-order valence-corrected chi connectivity index (χ0v) is 20.3. The van der Waals surface area contributed by atoms with E-state index in [4.69, 9.17) is 18.9 Å². The zero-order valence-electron chi connectivity index (χ0n) is 17.1. The van der Waals surface area contributed by atoms with Crippen molar-refractivity contribution in [2.75, 3.05) is 74.5 Å². The third-order valence-electron chi connectivity index (χ3n) is 3.21. The first-order chi connectivity index (χ1) is 13.8. The Bertz CT molecular complexity index is 436. The maximum Gasteiger partial charge on any atom is 0.315 e. The number of ether oxygens (including phenoxy) is 4. The zero-order chi connectivity index (χ0) is 22.1. The maximum absolute atomic E-state index is 11.8. The van der Waals surface area contributed by atoms with Gasteiger partial charge in [0, 0.05) is 0 Å². The molecule has 0 aliphatic rings. The summed E-state index contributed by atoms with van der Waals surface area (Å²) in [7, 11) is 0. The minimum atomic E-state index is -1.19. The van der Waals surface area contributed by atoms with Gasteiger partial charge in [-0.2, -0.15) is 47.0 Å². The number of thioether (sulfide) groups is 4. The van der Waals surface area contributed by atoms with Crippen LogP contribution in [0.3, 0.4) is 0 Å². The maximum atomic E-state index is 11.8. The third kappa shape index (κ3) is 14.0. The predicted molar refractivity (Wildman–Crippen MR) is 120 cm³/mol. The summed E-state index contributed by atoms with van der Waals surface area (Å²) in [6.07, 6.45) is 7.03. The Hall–Kier alpha value is -0.720. The Morgan fingerprint density at radius 1 is 0.517 bits per heavy atom. The molecule has 8 nitrogen and oxygen atoms in total. The lowest BCUT2D eigenvalue weighted by molar-refractivity contribution is -0.167. The molecule has 0 aromatic rings. The summed E-state index contributed by atoms with van der Waals surface area (Å²) in [5.41, 5.74) is -1.19. The molecule has 12 heteroatoms. The van der Waals surface area contributed by atoms with E-state index >= 15 is 0 Å². The summed E-state index contributed by atoms with van der Waals surface area (Å²) in [5, 5.41) is 0. The Kier molecular flexibility index (Phi) is 16.6. The molecular formula is C17H28O8S4. The molecule has 0 aliphatic carbocycles. The van der Waals surface area contributed by atoms with Gasteiger partial charge in [-0.15, -0.1) is 0 Å². The molecule has 0 bridgehead atoms. The van der Waals surface area contributed by atoms with Crippen molar-refractivity contribution in [1.82, 2.24) is 0 Å². The van der Waals surface area contributed by atoms with E-state index in [1.54, 1.807) is 25.0 Å². The number of rotatable bonds is 16. The standard InChI is InChI=1S/C17H28O8S4/c1-26-5-13(18)22-9-17(10-23-14(19)6-27-2,11-24-15(20)7-28-3)12-25-16(21)8-29-4/h5-12H2,1-4H3. The van der Waals surface area contributed by atoms with Crippen LogP contribution in [0.25, 0.3) is 0 Å². The molecule has 0 fully saturated rings. The van der Waals surface area contributed by atoms with Gasteiger partial charge in [0.05, 0.1) is 23.0 Å². The topological polar surface area (TPSA) is 105 Å². The summed E-state index contributed by atoms with van der Waals surface area (Å²) in [6.45, 7) is -0.897. The van der Waals surface area contributed by atoms with Gasteiger partial charge in [0.15, 0.2) is 0 Å². The average Bonchev–Trinajstić information content (AvgIpc) is 2.68. The monoisotopic (exact) mass is 488 g/mol. The summed E-state index contributed by atoms with van der Waals surface area (Å²) in [4.78, 5) is 47.3. The Morgan fingerprint density at radius 3 is 0.897 bits per heavy atom. The van der Waals surface area contributed by atoms with Gasteiger partial charge in [0.25, 0.3) is 0 Å². The summed E-state index contributed by atoms with van der Waals surface area (Å²) >= 11 is 5.18. The van der Waals surface area contributed by atoms with Crippen LogP contribution >= 0.6 is 47.0 Å². The fraction of sp³-hybridized carbons (Fsp3) is 0.765. The van der Waals surface area contributed by atoms with Crippen LogP contribution in [0.2, 0.25) is 0 Å². The van der Waals surface area contributed by atoms with Crippen LogP contribution < -0.4 is 0 Å². The summed E-state index contributed by atoms with van der Waals surface area (Å²) in [5.74, 6) is -1.32. The van der Waals surface area contributed by atoms with E-state index in [-0.39, 0.29) is 49.4 Å². The van der Waals surface area contributed by atoms with Crippen LogP contribution in [0.1, 0.15) is 0 Å². The van der Waals surface area contributed by atoms with E-state index in [0.29, 0.717) is 0 Å². The van der Waals surface area contributed by atoms with Crippen molar-refractivity contribution in [3.05, 3.63) is 0 Å². The Labute approximate surface area is 188 Å². The number of carbonyl (C=O) groups is 4. The largest absolute Gasteiger partial charge is 0.464 e. The SMILES string of the molecule is CSCC(=O)OCC(COC(=O)CSC)(COC(=O)CSC)COC(=O)CSC. The highest BCUT2D eigenvalue weighted by molar-refractivity contribution is 7.99. The van der Waals surface area contributed by atoms with Crippen molar-refractivity contribution in [1.29, 1.82) is 0 Å². The molecule has 0 saturated carbocycles. The van der Waals surface area contributed by atoms with Gasteiger partial charge >= 0.3 is 23.9 Å². The van der Waals surface area contributed by atoms with Crippen LogP contribution in [0.5, 0.6) is 0 Å². The number of esters is 4. The first-order valence-electron chi connectivity index (χ1n) is 8.40. The van der Waals surface area contributed by atoms with Gasteiger partial charge in [-0.25, -0.2) is 0 Å². The molecule has 0 aliphatic heterocycles. The molecule has 0 aromatic carbocycles. The second kappa shape index (κ2) is 17.0.